The van der Waals surface area contributed by atoms with Gasteiger partial charge in [-0.05, 0) is 56.5 Å². The molecule has 1 aliphatic heterocycles. The third kappa shape index (κ3) is 5.76. The fraction of sp³-hybridized carbons (Fsp3) is 0.462. The summed E-state index contributed by atoms with van der Waals surface area (Å²) in [7, 11) is 2.82. The highest BCUT2D eigenvalue weighted by molar-refractivity contribution is 5.92. The maximum absolute atomic E-state index is 14.5. The molecule has 1 unspecified atom stereocenters. The highest BCUT2D eigenvalue weighted by Crippen LogP contribution is 2.37. The third-order valence-corrected chi connectivity index (χ3v) is 6.08. The van der Waals surface area contributed by atoms with Crippen molar-refractivity contribution in [2.45, 2.75) is 44.8 Å². The number of nitrogens with two attached hydrogens (primary N) is 1. The quantitative estimate of drug-likeness (QED) is 0.395. The summed E-state index contributed by atoms with van der Waals surface area (Å²) in [5.74, 6) is -0.943. The average Bonchev–Trinajstić information content (AvgIpc) is 2.84. The highest BCUT2D eigenvalue weighted by Gasteiger charge is 2.32. The average molecular weight is 503 g/mol. The molecule has 0 bridgehead atoms. The maximum atomic E-state index is 14.5. The normalized spacial score (nSPS) is 17.1. The van der Waals surface area contributed by atoms with Crippen LogP contribution in [0.3, 0.4) is 0 Å². The molecule has 0 spiro atoms. The summed E-state index contributed by atoms with van der Waals surface area (Å²) in [5.41, 5.74) is 7.27. The molecule has 0 aliphatic carbocycles. The number of rotatable bonds is 9. The smallest absolute Gasteiger partial charge is 0.296 e. The molecule has 0 saturated carbocycles. The Balaban J connectivity index is 1.69. The molecule has 1 aliphatic rings. The number of nitrogen functional groups attached to an aromatic ring is 1. The molecular weight excluding hydrogens is 470 g/mol. The zero-order valence-electron chi connectivity index (χ0n) is 20.9. The number of ether oxygens (including phenoxy) is 4. The molecule has 2 atom stereocenters. The Bertz CT molecular complexity index is 1220. The second-order valence-electron chi connectivity index (χ2n) is 8.99. The summed E-state index contributed by atoms with van der Waals surface area (Å²) in [4.78, 5) is 9.14. The van der Waals surface area contributed by atoms with Gasteiger partial charge in [-0.1, -0.05) is 0 Å². The number of aryl methyl sites for hydroxylation is 1. The van der Waals surface area contributed by atoms with Gasteiger partial charge in [0.15, 0.2) is 11.5 Å². The molecule has 2 aromatic carbocycles. The van der Waals surface area contributed by atoms with Gasteiger partial charge in [0.1, 0.15) is 24.4 Å². The molecule has 36 heavy (non-hydrogen) atoms. The van der Waals surface area contributed by atoms with E-state index in [1.165, 1.54) is 19.2 Å². The van der Waals surface area contributed by atoms with E-state index in [4.69, 9.17) is 19.9 Å². The van der Waals surface area contributed by atoms with Crippen LogP contribution in [-0.2, 0) is 15.4 Å². The van der Waals surface area contributed by atoms with Gasteiger partial charge in [0.05, 0.1) is 25.3 Å². The summed E-state index contributed by atoms with van der Waals surface area (Å²) in [6, 6.07) is 7.63. The van der Waals surface area contributed by atoms with Gasteiger partial charge in [-0.2, -0.15) is 8.78 Å². The molecule has 3 N–H and O–H groups in total. The van der Waals surface area contributed by atoms with E-state index < -0.39 is 12.5 Å². The first-order valence-corrected chi connectivity index (χ1v) is 11.8. The molecule has 0 radical (unpaired) electrons. The van der Waals surface area contributed by atoms with Crippen LogP contribution >= 0.6 is 0 Å². The molecule has 1 fully saturated rings. The number of fused-ring (bicyclic) bond motifs is 1. The molecule has 8 nitrogen and oxygen atoms in total. The zero-order valence-corrected chi connectivity index (χ0v) is 20.9. The third-order valence-electron chi connectivity index (χ3n) is 6.08. The number of nitrogens with one attached hydrogen (secondary N) is 1. The van der Waals surface area contributed by atoms with Crippen molar-refractivity contribution in [3.63, 3.8) is 0 Å². The van der Waals surface area contributed by atoms with Gasteiger partial charge in [-0.15, -0.1) is 0 Å². The molecule has 3 aromatic rings. The van der Waals surface area contributed by atoms with Crippen molar-refractivity contribution in [3.8, 4) is 11.5 Å². The molecule has 1 aromatic heterocycles. The van der Waals surface area contributed by atoms with Crippen LogP contribution in [0, 0.1) is 6.92 Å². The maximum Gasteiger partial charge on any atom is 0.296 e. The minimum Gasteiger partial charge on any atom is -0.493 e. The first-order valence-electron chi connectivity index (χ1n) is 11.8. The predicted octanol–water partition coefficient (Wildman–Crippen LogP) is 5.00. The zero-order chi connectivity index (χ0) is 25.9. The van der Waals surface area contributed by atoms with Gasteiger partial charge >= 0.3 is 0 Å². The Morgan fingerprint density at radius 3 is 2.67 bits per heavy atom. The van der Waals surface area contributed by atoms with Crippen molar-refractivity contribution in [1.82, 2.24) is 9.97 Å². The first kappa shape index (κ1) is 25.8. The number of hydrogen-bond donors (Lipinski definition) is 2. The molecule has 0 amide bonds. The van der Waals surface area contributed by atoms with Crippen LogP contribution in [0.5, 0.6) is 11.5 Å². The lowest BCUT2D eigenvalue weighted by Crippen LogP contribution is -2.28. The van der Waals surface area contributed by atoms with E-state index in [9.17, 15) is 8.78 Å². The van der Waals surface area contributed by atoms with E-state index in [0.717, 1.165) is 19.4 Å². The summed E-state index contributed by atoms with van der Waals surface area (Å²) in [5, 5.41) is 4.06. The van der Waals surface area contributed by atoms with E-state index in [-0.39, 0.29) is 23.4 Å². The van der Waals surface area contributed by atoms with E-state index in [1.54, 1.807) is 20.1 Å². The van der Waals surface area contributed by atoms with Crippen LogP contribution in [0.25, 0.3) is 10.9 Å². The summed E-state index contributed by atoms with van der Waals surface area (Å²) >= 11 is 0. The van der Waals surface area contributed by atoms with E-state index in [1.807, 2.05) is 19.1 Å². The number of nitrogens with zero attached hydrogens (tertiary/aromatic N) is 2. The van der Waals surface area contributed by atoms with Crippen molar-refractivity contribution < 1.29 is 27.7 Å². The lowest BCUT2D eigenvalue weighted by Gasteiger charge is -2.25. The Kier molecular flexibility index (Phi) is 7.75. The second-order valence-corrected chi connectivity index (χ2v) is 8.99. The van der Waals surface area contributed by atoms with Crippen molar-refractivity contribution >= 4 is 22.4 Å². The van der Waals surface area contributed by atoms with Gasteiger partial charge in [0.2, 0.25) is 0 Å². The van der Waals surface area contributed by atoms with Gasteiger partial charge in [0, 0.05) is 36.4 Å². The number of aromatic nitrogens is 2. The van der Waals surface area contributed by atoms with E-state index in [0.29, 0.717) is 46.2 Å². The number of halogens is 2. The van der Waals surface area contributed by atoms with Crippen molar-refractivity contribution in [2.24, 2.45) is 0 Å². The molecule has 1 saturated heterocycles. The van der Waals surface area contributed by atoms with Gasteiger partial charge in [-0.25, -0.2) is 9.97 Å². The Hall–Kier alpha value is -3.24. The molecule has 10 heteroatoms. The van der Waals surface area contributed by atoms with Gasteiger partial charge in [0.25, 0.3) is 5.92 Å². The number of methoxy groups -OCH3 is 2. The summed E-state index contributed by atoms with van der Waals surface area (Å²) in [6.07, 6.45) is 1.74. The fourth-order valence-corrected chi connectivity index (χ4v) is 4.29. The Morgan fingerprint density at radius 2 is 1.97 bits per heavy atom. The van der Waals surface area contributed by atoms with Gasteiger partial charge in [-0.3, -0.25) is 0 Å². The SMILES string of the molecule is COCC(F)(F)c1cc(N)cc([C@@H](C)Nc2nc(C)nc3cc(OC)c(OC4CCCOC4)cc23)c1. The topological polar surface area (TPSA) is 101 Å². The summed E-state index contributed by atoms with van der Waals surface area (Å²) < 4.78 is 51.0. The second kappa shape index (κ2) is 10.8. The van der Waals surface area contributed by atoms with Crippen LogP contribution in [-0.4, -0.2) is 50.1 Å². The Labute approximate surface area is 209 Å². The number of anilines is 2. The lowest BCUT2D eigenvalue weighted by molar-refractivity contribution is -0.0698. The van der Waals surface area contributed by atoms with E-state index in [2.05, 4.69) is 20.0 Å². The van der Waals surface area contributed by atoms with Crippen molar-refractivity contribution in [2.75, 3.05) is 45.1 Å². The molecular formula is C26H32F2N4O4. The monoisotopic (exact) mass is 502 g/mol. The molecule has 4 rings (SSSR count). The van der Waals surface area contributed by atoms with E-state index >= 15 is 0 Å². The minimum atomic E-state index is -3.16. The number of hydrogen-bond acceptors (Lipinski definition) is 8. The number of benzene rings is 2. The van der Waals surface area contributed by atoms with Crippen LogP contribution in [0.2, 0.25) is 0 Å². The summed E-state index contributed by atoms with van der Waals surface area (Å²) in [6.45, 7) is 4.16. The first-order chi connectivity index (χ1) is 17.2. The molecule has 2 heterocycles. The predicted molar refractivity (Wildman–Crippen MR) is 134 cm³/mol. The Morgan fingerprint density at radius 1 is 1.17 bits per heavy atom. The van der Waals surface area contributed by atoms with Crippen LogP contribution in [0.4, 0.5) is 20.3 Å². The standard InChI is InChI=1S/C26H32F2N4O4/c1-15(17-8-18(10-19(29)9-17)26(27,28)14-33-3)30-25-21-11-24(36-20-6-5-7-35-13-20)23(34-4)12-22(21)31-16(2)32-25/h8-12,15,20H,5-7,13-14,29H2,1-4H3,(H,30,31,32)/t15-,20?/m1/s1. The number of alkyl halides is 2. The molecule has 194 valence electrons. The van der Waals surface area contributed by atoms with Crippen LogP contribution in [0.1, 0.15) is 42.8 Å². The lowest BCUT2D eigenvalue weighted by atomic mass is 10.00. The van der Waals surface area contributed by atoms with Gasteiger partial charge < -0.3 is 30.0 Å². The minimum absolute atomic E-state index is 0.0775. The highest BCUT2D eigenvalue weighted by atomic mass is 19.3. The van der Waals surface area contributed by atoms with Crippen LogP contribution in [0.15, 0.2) is 30.3 Å². The van der Waals surface area contributed by atoms with Crippen LogP contribution < -0.4 is 20.5 Å². The van der Waals surface area contributed by atoms with Crippen molar-refractivity contribution in [3.05, 3.63) is 47.3 Å². The van der Waals surface area contributed by atoms with Crippen molar-refractivity contribution in [1.29, 1.82) is 0 Å². The fourth-order valence-electron chi connectivity index (χ4n) is 4.29. The largest absolute Gasteiger partial charge is 0.493 e.